The van der Waals surface area contributed by atoms with Crippen LogP contribution in [0.25, 0.3) is 10.9 Å². The Morgan fingerprint density at radius 1 is 1.10 bits per heavy atom. The first-order valence-electron chi connectivity index (χ1n) is 12.3. The molecule has 0 unspecified atom stereocenters. The predicted molar refractivity (Wildman–Crippen MR) is 152 cm³/mol. The molecule has 0 atom stereocenters. The van der Waals surface area contributed by atoms with Crippen molar-refractivity contribution in [2.24, 2.45) is 0 Å². The predicted octanol–water partition coefficient (Wildman–Crippen LogP) is 4.77. The van der Waals surface area contributed by atoms with Gasteiger partial charge in [0, 0.05) is 36.0 Å². The van der Waals surface area contributed by atoms with Gasteiger partial charge < -0.3 is 23.8 Å². The van der Waals surface area contributed by atoms with Gasteiger partial charge >= 0.3 is 5.97 Å². The highest BCUT2D eigenvalue weighted by Crippen LogP contribution is 2.39. The molecule has 3 aromatic rings. The van der Waals surface area contributed by atoms with Crippen LogP contribution in [0.3, 0.4) is 0 Å². The fraction of sp³-hybridized carbons (Fsp3) is 0.333. The van der Waals surface area contributed by atoms with Crippen molar-refractivity contribution in [2.75, 3.05) is 51.9 Å². The first kappa shape index (κ1) is 29.4. The minimum Gasteiger partial charge on any atom is -0.493 e. The number of fused-ring (bicyclic) bond motifs is 1. The smallest absolute Gasteiger partial charge is 0.345 e. The van der Waals surface area contributed by atoms with E-state index in [2.05, 4.69) is 19.3 Å². The van der Waals surface area contributed by atoms with Crippen LogP contribution in [0.2, 0.25) is 0 Å². The number of carbonyl (C=O) groups is 1. The number of benzene rings is 2. The summed E-state index contributed by atoms with van der Waals surface area (Å²) in [6.45, 7) is 1.38. The lowest BCUT2D eigenvalue weighted by atomic mass is 10.1. The van der Waals surface area contributed by atoms with Crippen molar-refractivity contribution in [3.8, 4) is 23.0 Å². The lowest BCUT2D eigenvalue weighted by Crippen LogP contribution is -2.17. The largest absolute Gasteiger partial charge is 0.493 e. The molecular weight excluding hydrogens is 561 g/mol. The number of anilines is 1. The summed E-state index contributed by atoms with van der Waals surface area (Å²) in [5.74, 6) is 0.132. The molecule has 1 aliphatic heterocycles. The Hall–Kier alpha value is -3.55. The van der Waals surface area contributed by atoms with Crippen molar-refractivity contribution in [3.05, 3.63) is 58.2 Å². The van der Waals surface area contributed by atoms with Crippen LogP contribution in [0.5, 0.6) is 23.0 Å². The number of nitrogens with zero attached hydrogens (tertiary/aromatic N) is 2. The Balaban J connectivity index is 1.54. The van der Waals surface area contributed by atoms with Crippen LogP contribution in [0.15, 0.2) is 52.4 Å². The van der Waals surface area contributed by atoms with Gasteiger partial charge in [-0.25, -0.2) is 17.6 Å². The molecule has 0 amide bonds. The van der Waals surface area contributed by atoms with E-state index in [0.717, 1.165) is 30.8 Å². The molecule has 0 radical (unpaired) electrons. The number of sulfonamides is 1. The summed E-state index contributed by atoms with van der Waals surface area (Å²) < 4.78 is 65.1. The van der Waals surface area contributed by atoms with Crippen LogP contribution in [0.1, 0.15) is 12.8 Å². The van der Waals surface area contributed by atoms with E-state index in [4.69, 9.17) is 14.2 Å². The molecule has 1 N–H and O–H groups in total. The molecule has 214 valence electrons. The normalized spacial score (nSPS) is 13.6. The summed E-state index contributed by atoms with van der Waals surface area (Å²) >= 11 is 1.11. The van der Waals surface area contributed by atoms with Gasteiger partial charge in [0.1, 0.15) is 10.7 Å². The zero-order valence-corrected chi connectivity index (χ0v) is 24.2. The number of hydrogen-bond donors (Lipinski definition) is 1. The number of carbonyl (C=O) groups excluding carboxylic acids is 1. The van der Waals surface area contributed by atoms with Gasteiger partial charge in [-0.1, -0.05) is 0 Å². The minimum absolute atomic E-state index is 0.0178. The Bertz CT molecular complexity index is 1540. The molecule has 0 saturated carbocycles. The van der Waals surface area contributed by atoms with E-state index in [0.29, 0.717) is 40.5 Å². The standard InChI is InChI=1S/C27H30FN3O7S2/c1-31(2)11-5-12-37-24-16-20-18(15-23(24)35-3)21(8-10-29-20)38-22-7-6-17(14-19(22)28)30-40(33,34)25-9-13-39-26(25)27(32)36-4/h6-8,10,14-16,30H,5,9,11-13H2,1-4H3. The maximum Gasteiger partial charge on any atom is 0.345 e. The van der Waals surface area contributed by atoms with Crippen molar-refractivity contribution >= 4 is 44.3 Å². The van der Waals surface area contributed by atoms with Gasteiger partial charge in [0.15, 0.2) is 23.1 Å². The second-order valence-corrected chi connectivity index (χ2v) is 11.8. The van der Waals surface area contributed by atoms with E-state index < -0.39 is 21.8 Å². The average molecular weight is 592 g/mol. The number of esters is 1. The lowest BCUT2D eigenvalue weighted by molar-refractivity contribution is -0.135. The molecule has 2 aromatic carbocycles. The van der Waals surface area contributed by atoms with Crippen LogP contribution in [0.4, 0.5) is 10.1 Å². The van der Waals surface area contributed by atoms with Gasteiger partial charge in [-0.15, -0.1) is 11.8 Å². The number of aromatic nitrogens is 1. The molecule has 1 aliphatic rings. The molecule has 0 bridgehead atoms. The van der Waals surface area contributed by atoms with Crippen molar-refractivity contribution in [3.63, 3.8) is 0 Å². The Morgan fingerprint density at radius 3 is 2.60 bits per heavy atom. The van der Waals surface area contributed by atoms with Crippen molar-refractivity contribution in [2.45, 2.75) is 12.8 Å². The Labute approximate surface area is 236 Å². The first-order valence-corrected chi connectivity index (χ1v) is 14.8. The molecule has 40 heavy (non-hydrogen) atoms. The van der Waals surface area contributed by atoms with E-state index >= 15 is 4.39 Å². The average Bonchev–Trinajstić information content (AvgIpc) is 3.43. The quantitative estimate of drug-likeness (QED) is 0.233. The van der Waals surface area contributed by atoms with E-state index in [1.165, 1.54) is 32.5 Å². The molecule has 0 fully saturated rings. The van der Waals surface area contributed by atoms with E-state index in [1.54, 1.807) is 18.2 Å². The highest BCUT2D eigenvalue weighted by molar-refractivity contribution is 8.06. The summed E-state index contributed by atoms with van der Waals surface area (Å²) in [4.78, 5) is 18.3. The zero-order valence-electron chi connectivity index (χ0n) is 22.5. The van der Waals surface area contributed by atoms with Gasteiger partial charge in [0.25, 0.3) is 10.0 Å². The van der Waals surface area contributed by atoms with Crippen molar-refractivity contribution < 1.29 is 36.6 Å². The molecule has 2 heterocycles. The first-order chi connectivity index (χ1) is 19.1. The number of allylic oxidation sites excluding steroid dienone is 1. The second kappa shape index (κ2) is 12.7. The van der Waals surface area contributed by atoms with Crippen LogP contribution < -0.4 is 18.9 Å². The third-order valence-electron chi connectivity index (χ3n) is 5.92. The third kappa shape index (κ3) is 6.77. The van der Waals surface area contributed by atoms with Crippen LogP contribution in [0, 0.1) is 5.82 Å². The molecular formula is C27H30FN3O7S2. The van der Waals surface area contributed by atoms with Crippen LogP contribution >= 0.6 is 11.8 Å². The second-order valence-electron chi connectivity index (χ2n) is 9.03. The summed E-state index contributed by atoms with van der Waals surface area (Å²) in [7, 11) is 2.60. The van der Waals surface area contributed by atoms with E-state index in [1.807, 2.05) is 14.1 Å². The number of pyridine rings is 1. The topological polar surface area (TPSA) is 116 Å². The fourth-order valence-electron chi connectivity index (χ4n) is 4.00. The van der Waals surface area contributed by atoms with Crippen LogP contribution in [-0.2, 0) is 19.6 Å². The Morgan fingerprint density at radius 2 is 1.90 bits per heavy atom. The molecule has 4 rings (SSSR count). The summed E-state index contributed by atoms with van der Waals surface area (Å²) in [6, 6.07) is 8.75. The van der Waals surface area contributed by atoms with Gasteiger partial charge in [0.2, 0.25) is 0 Å². The van der Waals surface area contributed by atoms with E-state index in [9.17, 15) is 13.2 Å². The molecule has 0 spiro atoms. The zero-order chi connectivity index (χ0) is 28.9. The molecule has 0 saturated heterocycles. The number of methoxy groups -OCH3 is 2. The number of thioether (sulfide) groups is 1. The SMILES string of the molecule is COC(=O)C1=C(S(=O)(=O)Nc2ccc(Oc3ccnc4cc(OCCCN(C)C)c(OC)cc34)c(F)c2)CCS1. The highest BCUT2D eigenvalue weighted by atomic mass is 32.2. The summed E-state index contributed by atoms with van der Waals surface area (Å²) in [6.07, 6.45) is 2.53. The third-order valence-corrected chi connectivity index (χ3v) is 8.72. The van der Waals surface area contributed by atoms with E-state index in [-0.39, 0.29) is 27.7 Å². The Kier molecular flexibility index (Phi) is 9.38. The number of ether oxygens (including phenoxy) is 4. The molecule has 10 nitrogen and oxygen atoms in total. The monoisotopic (exact) mass is 591 g/mol. The van der Waals surface area contributed by atoms with Gasteiger partial charge in [-0.05, 0) is 51.2 Å². The van der Waals surface area contributed by atoms with Crippen molar-refractivity contribution in [1.82, 2.24) is 9.88 Å². The molecule has 0 aliphatic carbocycles. The number of nitrogens with one attached hydrogen (secondary N) is 1. The molecule has 13 heteroatoms. The number of halogens is 1. The maximum absolute atomic E-state index is 15.1. The maximum atomic E-state index is 15.1. The highest BCUT2D eigenvalue weighted by Gasteiger charge is 2.31. The molecule has 1 aromatic heterocycles. The van der Waals surface area contributed by atoms with Gasteiger partial charge in [0.05, 0.1) is 36.9 Å². The van der Waals surface area contributed by atoms with Crippen molar-refractivity contribution in [1.29, 1.82) is 0 Å². The number of hydrogen-bond acceptors (Lipinski definition) is 10. The van der Waals surface area contributed by atoms with Gasteiger partial charge in [-0.2, -0.15) is 0 Å². The summed E-state index contributed by atoms with van der Waals surface area (Å²) in [5.41, 5.74) is 0.547. The van der Waals surface area contributed by atoms with Gasteiger partial charge in [-0.3, -0.25) is 9.71 Å². The lowest BCUT2D eigenvalue weighted by Gasteiger charge is -2.15. The fourth-order valence-corrected chi connectivity index (χ4v) is 6.86. The van der Waals surface area contributed by atoms with Crippen LogP contribution in [-0.4, -0.2) is 71.5 Å². The number of rotatable bonds is 12. The summed E-state index contributed by atoms with van der Waals surface area (Å²) in [5, 5.41) is 0.574. The minimum atomic E-state index is -4.10.